The van der Waals surface area contributed by atoms with Crippen molar-refractivity contribution in [3.63, 3.8) is 0 Å². The van der Waals surface area contributed by atoms with Gasteiger partial charge in [-0.1, -0.05) is 75.4 Å². The molecule has 0 bridgehead atoms. The molecule has 0 N–H and O–H groups in total. The first-order valence-electron chi connectivity index (χ1n) is 9.81. The molecule has 4 heteroatoms. The van der Waals surface area contributed by atoms with Crippen LogP contribution in [-0.4, -0.2) is 4.98 Å². The smallest absolute Gasteiger partial charge is 0.256 e. The van der Waals surface area contributed by atoms with E-state index in [1.807, 2.05) is 42.5 Å². The van der Waals surface area contributed by atoms with Crippen LogP contribution in [0.3, 0.4) is 0 Å². The molecule has 0 fully saturated rings. The summed E-state index contributed by atoms with van der Waals surface area (Å²) in [6, 6.07) is 21.2. The topological polar surface area (TPSA) is 12.9 Å². The molecular weight excluding hydrogens is 383 g/mol. The molecule has 0 amide bonds. The molecule has 0 unspecified atom stereocenters. The van der Waals surface area contributed by atoms with Crippen molar-refractivity contribution in [1.82, 2.24) is 4.98 Å². The number of rotatable bonds is 2. The molecule has 0 spiro atoms. The summed E-state index contributed by atoms with van der Waals surface area (Å²) in [6.07, 6.45) is -2.75. The maximum atomic E-state index is 13.8. The Morgan fingerprint density at radius 1 is 0.733 bits per heavy atom. The highest BCUT2D eigenvalue weighted by molar-refractivity contribution is 5.95. The average Bonchev–Trinajstić information content (AvgIpc) is 2.72. The molecule has 1 aromatic heterocycles. The minimum atomic E-state index is -4.44. The maximum absolute atomic E-state index is 13.8. The summed E-state index contributed by atoms with van der Waals surface area (Å²) < 4.78 is 41.3. The molecule has 30 heavy (non-hydrogen) atoms. The monoisotopic (exact) mass is 405 g/mol. The third kappa shape index (κ3) is 3.82. The van der Waals surface area contributed by atoms with Gasteiger partial charge in [-0.15, -0.1) is 0 Å². The maximum Gasteiger partial charge on any atom is 0.417 e. The minimum Gasteiger partial charge on any atom is -0.256 e. The highest BCUT2D eigenvalue weighted by Gasteiger charge is 2.34. The highest BCUT2D eigenvalue weighted by Crippen LogP contribution is 2.40. The van der Waals surface area contributed by atoms with Crippen molar-refractivity contribution < 1.29 is 13.2 Å². The lowest BCUT2D eigenvalue weighted by Crippen LogP contribution is -2.11. The summed E-state index contributed by atoms with van der Waals surface area (Å²) in [6.45, 7) is 6.24. The van der Waals surface area contributed by atoms with E-state index in [1.165, 1.54) is 6.07 Å². The van der Waals surface area contributed by atoms with E-state index in [-0.39, 0.29) is 11.0 Å². The highest BCUT2D eigenvalue weighted by atomic mass is 19.4. The van der Waals surface area contributed by atoms with Gasteiger partial charge in [0, 0.05) is 17.1 Å². The van der Waals surface area contributed by atoms with Crippen molar-refractivity contribution in [2.75, 3.05) is 0 Å². The molecular formula is C26H22F3N. The van der Waals surface area contributed by atoms with E-state index in [0.717, 1.165) is 22.4 Å². The van der Waals surface area contributed by atoms with Crippen LogP contribution < -0.4 is 0 Å². The molecule has 0 saturated heterocycles. The first-order valence-corrected chi connectivity index (χ1v) is 9.81. The second-order valence-corrected chi connectivity index (χ2v) is 8.47. The molecule has 0 aliphatic rings. The molecule has 0 aliphatic carbocycles. The lowest BCUT2D eigenvalue weighted by molar-refractivity contribution is -0.137. The number of alkyl halides is 3. The summed E-state index contributed by atoms with van der Waals surface area (Å²) in [5.74, 6) is 0. The number of aromatic nitrogens is 1. The van der Waals surface area contributed by atoms with Crippen molar-refractivity contribution in [2.24, 2.45) is 0 Å². The number of halogens is 3. The number of hydrogen-bond donors (Lipinski definition) is 0. The molecule has 0 atom stereocenters. The van der Waals surface area contributed by atoms with E-state index in [2.05, 4.69) is 25.8 Å². The standard InChI is InChI=1S/C26H22F3N/c1-25(2,3)20-11-8-18(9-12-20)22-16-19(10-13-23(22)26(27,28)29)24-21-7-5-4-6-17(21)14-15-30-24/h4-16H,1-3H3. The fourth-order valence-electron chi connectivity index (χ4n) is 3.68. The van der Waals surface area contributed by atoms with Gasteiger partial charge in [0.15, 0.2) is 0 Å². The summed E-state index contributed by atoms with van der Waals surface area (Å²) in [5, 5.41) is 1.91. The Labute approximate surface area is 174 Å². The van der Waals surface area contributed by atoms with Crippen LogP contribution in [0.15, 0.2) is 79.0 Å². The van der Waals surface area contributed by atoms with Gasteiger partial charge in [-0.2, -0.15) is 13.2 Å². The largest absolute Gasteiger partial charge is 0.417 e. The van der Waals surface area contributed by atoms with Gasteiger partial charge in [0.25, 0.3) is 0 Å². The Balaban J connectivity index is 1.91. The van der Waals surface area contributed by atoms with Crippen molar-refractivity contribution in [2.45, 2.75) is 32.4 Å². The lowest BCUT2D eigenvalue weighted by atomic mass is 9.85. The average molecular weight is 405 g/mol. The number of pyridine rings is 1. The molecule has 3 aromatic carbocycles. The van der Waals surface area contributed by atoms with Crippen LogP contribution in [0.25, 0.3) is 33.2 Å². The Hall–Kier alpha value is -3.14. The van der Waals surface area contributed by atoms with Crippen molar-refractivity contribution >= 4 is 10.8 Å². The van der Waals surface area contributed by atoms with Gasteiger partial charge < -0.3 is 0 Å². The van der Waals surface area contributed by atoms with Crippen LogP contribution in [0.5, 0.6) is 0 Å². The molecule has 152 valence electrons. The van der Waals surface area contributed by atoms with Gasteiger partial charge in [0.2, 0.25) is 0 Å². The van der Waals surface area contributed by atoms with E-state index in [9.17, 15) is 13.2 Å². The van der Waals surface area contributed by atoms with Crippen LogP contribution in [0.2, 0.25) is 0 Å². The zero-order valence-corrected chi connectivity index (χ0v) is 17.1. The van der Waals surface area contributed by atoms with Gasteiger partial charge in [-0.3, -0.25) is 4.98 Å². The predicted molar refractivity (Wildman–Crippen MR) is 116 cm³/mol. The Morgan fingerprint density at radius 2 is 1.40 bits per heavy atom. The van der Waals surface area contributed by atoms with Gasteiger partial charge in [-0.05, 0) is 45.7 Å². The van der Waals surface area contributed by atoms with Crippen LogP contribution in [0.4, 0.5) is 13.2 Å². The van der Waals surface area contributed by atoms with Gasteiger partial charge in [0.05, 0.1) is 11.3 Å². The summed E-state index contributed by atoms with van der Waals surface area (Å²) >= 11 is 0. The number of fused-ring (bicyclic) bond motifs is 1. The van der Waals surface area contributed by atoms with Crippen LogP contribution in [0.1, 0.15) is 31.9 Å². The Kier molecular flexibility index (Phi) is 4.89. The fraction of sp³-hybridized carbons (Fsp3) is 0.192. The summed E-state index contributed by atoms with van der Waals surface area (Å²) in [5.41, 5.74) is 2.40. The van der Waals surface area contributed by atoms with Crippen LogP contribution in [0, 0.1) is 0 Å². The zero-order valence-electron chi connectivity index (χ0n) is 17.1. The predicted octanol–water partition coefficient (Wildman–Crippen LogP) is 7.89. The van der Waals surface area contributed by atoms with Gasteiger partial charge >= 0.3 is 6.18 Å². The van der Waals surface area contributed by atoms with Crippen LogP contribution in [-0.2, 0) is 11.6 Å². The van der Waals surface area contributed by atoms with E-state index >= 15 is 0 Å². The zero-order chi connectivity index (χ0) is 21.5. The van der Waals surface area contributed by atoms with E-state index in [4.69, 9.17) is 0 Å². The van der Waals surface area contributed by atoms with Crippen molar-refractivity contribution in [3.05, 3.63) is 90.1 Å². The van der Waals surface area contributed by atoms with Gasteiger partial charge in [-0.25, -0.2) is 0 Å². The first kappa shape index (κ1) is 20.1. The molecule has 4 aromatic rings. The quantitative estimate of drug-likeness (QED) is 0.330. The molecule has 0 radical (unpaired) electrons. The van der Waals surface area contributed by atoms with E-state index in [1.54, 1.807) is 24.4 Å². The lowest BCUT2D eigenvalue weighted by Gasteiger charge is -2.20. The third-order valence-corrected chi connectivity index (χ3v) is 5.33. The van der Waals surface area contributed by atoms with Crippen molar-refractivity contribution in [3.8, 4) is 22.4 Å². The molecule has 4 rings (SSSR count). The van der Waals surface area contributed by atoms with Crippen molar-refractivity contribution in [1.29, 1.82) is 0 Å². The summed E-state index contributed by atoms with van der Waals surface area (Å²) in [7, 11) is 0. The normalized spacial score (nSPS) is 12.3. The number of hydrogen-bond acceptors (Lipinski definition) is 1. The molecule has 1 nitrogen and oxygen atoms in total. The number of nitrogens with zero attached hydrogens (tertiary/aromatic N) is 1. The molecule has 0 aliphatic heterocycles. The molecule has 0 saturated carbocycles. The van der Waals surface area contributed by atoms with E-state index in [0.29, 0.717) is 16.8 Å². The molecule has 1 heterocycles. The Morgan fingerprint density at radius 3 is 2.07 bits per heavy atom. The van der Waals surface area contributed by atoms with Gasteiger partial charge in [0.1, 0.15) is 0 Å². The SMILES string of the molecule is CC(C)(C)c1ccc(-c2cc(-c3nccc4ccccc34)ccc2C(F)(F)F)cc1. The fourth-order valence-corrected chi connectivity index (χ4v) is 3.68. The second kappa shape index (κ2) is 7.28. The second-order valence-electron chi connectivity index (χ2n) is 8.47. The Bertz CT molecular complexity index is 1190. The first-order chi connectivity index (χ1) is 14.1. The van der Waals surface area contributed by atoms with E-state index < -0.39 is 11.7 Å². The minimum absolute atomic E-state index is 0.0693. The number of benzene rings is 3. The summed E-state index contributed by atoms with van der Waals surface area (Å²) in [4.78, 5) is 4.47. The van der Waals surface area contributed by atoms with Crippen LogP contribution >= 0.6 is 0 Å². The third-order valence-electron chi connectivity index (χ3n) is 5.33.